The fourth-order valence-electron chi connectivity index (χ4n) is 1.86. The molecule has 0 aliphatic carbocycles. The normalized spacial score (nSPS) is 15.6. The van der Waals surface area contributed by atoms with Crippen LogP contribution in [0.1, 0.15) is 18.4 Å². The maximum absolute atomic E-state index is 11.7. The molecule has 0 N–H and O–H groups in total. The molecule has 96 valence electrons. The first-order valence-electron chi connectivity index (χ1n) is 5.83. The zero-order chi connectivity index (χ0) is 13.0. The van der Waals surface area contributed by atoms with Gasteiger partial charge in [-0.05, 0) is 24.1 Å². The highest BCUT2D eigenvalue weighted by atomic mass is 35.5. The van der Waals surface area contributed by atoms with Crippen molar-refractivity contribution in [3.05, 3.63) is 34.9 Å². The predicted molar refractivity (Wildman–Crippen MR) is 67.5 cm³/mol. The average molecular weight is 268 g/mol. The Hall–Kier alpha value is -1.55. The molecule has 1 heterocycles. The number of halogens is 1. The number of nitrogens with zero attached hydrogens (tertiary/aromatic N) is 1. The number of Topliss-reactive ketones (excluding diaryl/α,β-unsaturated/α-hetero) is 1. The first kappa shape index (κ1) is 12.9. The maximum Gasteiger partial charge on any atom is 0.410 e. The van der Waals surface area contributed by atoms with Gasteiger partial charge < -0.3 is 9.64 Å². The van der Waals surface area contributed by atoms with E-state index in [2.05, 4.69) is 0 Å². The Bertz CT molecular complexity index is 461. The average Bonchev–Trinajstić information content (AvgIpc) is 2.36. The molecule has 0 bridgehead atoms. The molecule has 1 amide bonds. The second kappa shape index (κ2) is 5.87. The van der Waals surface area contributed by atoms with Crippen molar-refractivity contribution in [2.75, 3.05) is 13.1 Å². The maximum atomic E-state index is 11.7. The smallest absolute Gasteiger partial charge is 0.410 e. The molecule has 18 heavy (non-hydrogen) atoms. The van der Waals surface area contributed by atoms with Gasteiger partial charge in [-0.1, -0.05) is 23.7 Å². The third kappa shape index (κ3) is 3.47. The fourth-order valence-corrected chi connectivity index (χ4v) is 2.07. The molecule has 1 aromatic carbocycles. The minimum atomic E-state index is -0.442. The van der Waals surface area contributed by atoms with E-state index in [1.807, 2.05) is 6.07 Å². The van der Waals surface area contributed by atoms with Crippen LogP contribution in [0, 0.1) is 0 Å². The van der Waals surface area contributed by atoms with Crippen LogP contribution in [0.5, 0.6) is 0 Å². The third-order valence-electron chi connectivity index (χ3n) is 2.76. The summed E-state index contributed by atoms with van der Waals surface area (Å²) in [5, 5.41) is 0.608. The first-order valence-corrected chi connectivity index (χ1v) is 6.21. The summed E-state index contributed by atoms with van der Waals surface area (Å²) in [6.45, 7) is 0.915. The molecule has 4 nitrogen and oxygen atoms in total. The Kier molecular flexibility index (Phi) is 4.20. The van der Waals surface area contributed by atoms with Crippen LogP contribution in [0.4, 0.5) is 4.79 Å². The summed E-state index contributed by atoms with van der Waals surface area (Å²) >= 11 is 5.83. The summed E-state index contributed by atoms with van der Waals surface area (Å²) < 4.78 is 5.15. The van der Waals surface area contributed by atoms with Gasteiger partial charge in [0.25, 0.3) is 0 Å². The summed E-state index contributed by atoms with van der Waals surface area (Å²) in [5.41, 5.74) is 0.833. The molecule has 1 aromatic rings. The van der Waals surface area contributed by atoms with E-state index in [0.717, 1.165) is 5.56 Å². The van der Waals surface area contributed by atoms with Crippen molar-refractivity contribution in [3.8, 4) is 0 Å². The van der Waals surface area contributed by atoms with Gasteiger partial charge in [0, 0.05) is 18.0 Å². The molecule has 1 fully saturated rings. The van der Waals surface area contributed by atoms with Gasteiger partial charge in [-0.3, -0.25) is 4.79 Å². The van der Waals surface area contributed by atoms with E-state index in [-0.39, 0.29) is 18.9 Å². The Morgan fingerprint density at radius 1 is 1.44 bits per heavy atom. The van der Waals surface area contributed by atoms with Crippen molar-refractivity contribution < 1.29 is 14.3 Å². The SMILES string of the molecule is O=C1CCCN(C(=O)OCc2cccc(Cl)c2)C1. The predicted octanol–water partition coefficient (Wildman–Crippen LogP) is 2.64. The molecule has 0 atom stereocenters. The molecule has 1 saturated heterocycles. The highest BCUT2D eigenvalue weighted by molar-refractivity contribution is 6.30. The minimum Gasteiger partial charge on any atom is -0.445 e. The van der Waals surface area contributed by atoms with Crippen LogP contribution in [-0.4, -0.2) is 29.9 Å². The Labute approximate surface area is 110 Å². The van der Waals surface area contributed by atoms with Gasteiger partial charge in [-0.2, -0.15) is 0 Å². The van der Waals surface area contributed by atoms with Gasteiger partial charge in [0.1, 0.15) is 6.61 Å². The quantitative estimate of drug-likeness (QED) is 0.828. The molecule has 1 aliphatic rings. The molecular weight excluding hydrogens is 254 g/mol. The number of ketones is 1. The van der Waals surface area contributed by atoms with Crippen LogP contribution in [-0.2, 0) is 16.1 Å². The molecule has 0 saturated carbocycles. The van der Waals surface area contributed by atoms with Crippen LogP contribution in [0.25, 0.3) is 0 Å². The van der Waals surface area contributed by atoms with E-state index in [4.69, 9.17) is 16.3 Å². The van der Waals surface area contributed by atoms with Crippen molar-refractivity contribution in [2.24, 2.45) is 0 Å². The van der Waals surface area contributed by atoms with Gasteiger partial charge in [-0.15, -0.1) is 0 Å². The zero-order valence-electron chi connectivity index (χ0n) is 9.89. The summed E-state index contributed by atoms with van der Waals surface area (Å²) in [7, 11) is 0. The van der Waals surface area contributed by atoms with Crippen molar-refractivity contribution in [3.63, 3.8) is 0 Å². The lowest BCUT2D eigenvalue weighted by atomic mass is 10.1. The number of carbonyl (C=O) groups excluding carboxylic acids is 2. The summed E-state index contributed by atoms with van der Waals surface area (Å²) in [6.07, 6.45) is 0.825. The number of carbonyl (C=O) groups is 2. The summed E-state index contributed by atoms with van der Waals surface area (Å²) in [4.78, 5) is 24.4. The van der Waals surface area contributed by atoms with Gasteiger partial charge in [-0.25, -0.2) is 4.79 Å². The summed E-state index contributed by atoms with van der Waals surface area (Å²) in [6, 6.07) is 7.14. The van der Waals surface area contributed by atoms with Gasteiger partial charge in [0.15, 0.2) is 5.78 Å². The van der Waals surface area contributed by atoms with E-state index < -0.39 is 6.09 Å². The summed E-state index contributed by atoms with van der Waals surface area (Å²) in [5.74, 6) is 0.0842. The van der Waals surface area contributed by atoms with Crippen LogP contribution < -0.4 is 0 Å². The van der Waals surface area contributed by atoms with Crippen molar-refractivity contribution >= 4 is 23.5 Å². The molecule has 0 spiro atoms. The number of hydrogen-bond donors (Lipinski definition) is 0. The lowest BCUT2D eigenvalue weighted by Crippen LogP contribution is -2.40. The molecular formula is C13H14ClNO3. The molecule has 1 aliphatic heterocycles. The molecule has 0 radical (unpaired) electrons. The molecule has 5 heteroatoms. The molecule has 2 rings (SSSR count). The van der Waals surface area contributed by atoms with Crippen molar-refractivity contribution in [2.45, 2.75) is 19.4 Å². The second-order valence-corrected chi connectivity index (χ2v) is 4.68. The van der Waals surface area contributed by atoms with Crippen LogP contribution in [0.2, 0.25) is 5.02 Å². The van der Waals surface area contributed by atoms with Gasteiger partial charge in [0.05, 0.1) is 6.54 Å². The zero-order valence-corrected chi connectivity index (χ0v) is 10.7. The minimum absolute atomic E-state index is 0.0842. The van der Waals surface area contributed by atoms with Crippen molar-refractivity contribution in [1.29, 1.82) is 0 Å². The molecule has 0 aromatic heterocycles. The van der Waals surface area contributed by atoms with Crippen LogP contribution >= 0.6 is 11.6 Å². The number of piperidine rings is 1. The topological polar surface area (TPSA) is 46.6 Å². The second-order valence-electron chi connectivity index (χ2n) is 4.25. The lowest BCUT2D eigenvalue weighted by molar-refractivity contribution is -0.121. The Morgan fingerprint density at radius 2 is 2.28 bits per heavy atom. The van der Waals surface area contributed by atoms with Gasteiger partial charge in [0.2, 0.25) is 0 Å². The van der Waals surface area contributed by atoms with E-state index >= 15 is 0 Å². The lowest BCUT2D eigenvalue weighted by Gasteiger charge is -2.24. The Balaban J connectivity index is 1.86. The van der Waals surface area contributed by atoms with Crippen molar-refractivity contribution in [1.82, 2.24) is 4.90 Å². The van der Waals surface area contributed by atoms with Crippen LogP contribution in [0.15, 0.2) is 24.3 Å². The largest absolute Gasteiger partial charge is 0.445 e. The monoisotopic (exact) mass is 267 g/mol. The van der Waals surface area contributed by atoms with E-state index in [1.165, 1.54) is 4.90 Å². The highest BCUT2D eigenvalue weighted by Gasteiger charge is 2.22. The number of amides is 1. The molecule has 0 unspecified atom stereocenters. The number of benzene rings is 1. The van der Waals surface area contributed by atoms with E-state index in [0.29, 0.717) is 24.4 Å². The number of likely N-dealkylation sites (tertiary alicyclic amines) is 1. The van der Waals surface area contributed by atoms with E-state index in [9.17, 15) is 9.59 Å². The van der Waals surface area contributed by atoms with E-state index in [1.54, 1.807) is 18.2 Å². The highest BCUT2D eigenvalue weighted by Crippen LogP contribution is 2.13. The number of rotatable bonds is 2. The van der Waals surface area contributed by atoms with Crippen LogP contribution in [0.3, 0.4) is 0 Å². The fraction of sp³-hybridized carbons (Fsp3) is 0.385. The number of ether oxygens (including phenoxy) is 1. The number of hydrogen-bond acceptors (Lipinski definition) is 3. The van der Waals surface area contributed by atoms with Gasteiger partial charge >= 0.3 is 6.09 Å². The first-order chi connectivity index (χ1) is 8.65. The standard InChI is InChI=1S/C13H14ClNO3/c14-11-4-1-3-10(7-11)9-18-13(17)15-6-2-5-12(16)8-15/h1,3-4,7H,2,5-6,8-9H2. The third-order valence-corrected chi connectivity index (χ3v) is 3.00. The Morgan fingerprint density at radius 3 is 3.00 bits per heavy atom.